The van der Waals surface area contributed by atoms with Crippen molar-refractivity contribution >= 4 is 11.8 Å². The molecular formula is C11H19N3S. The highest BCUT2D eigenvalue weighted by Gasteiger charge is 2.23. The third-order valence-electron chi connectivity index (χ3n) is 3.00. The van der Waals surface area contributed by atoms with Crippen molar-refractivity contribution in [2.45, 2.75) is 44.0 Å². The average Bonchev–Trinajstić information content (AvgIpc) is 2.87. The summed E-state index contributed by atoms with van der Waals surface area (Å²) in [4.78, 5) is 4.37. The van der Waals surface area contributed by atoms with Gasteiger partial charge in [-0.15, -0.1) is 0 Å². The van der Waals surface area contributed by atoms with Gasteiger partial charge >= 0.3 is 0 Å². The first-order chi connectivity index (χ1) is 7.31. The molecule has 1 saturated heterocycles. The maximum Gasteiger partial charge on any atom is 0.110 e. The Morgan fingerprint density at radius 1 is 1.73 bits per heavy atom. The van der Waals surface area contributed by atoms with Crippen molar-refractivity contribution in [1.82, 2.24) is 9.55 Å². The van der Waals surface area contributed by atoms with Gasteiger partial charge in [-0.25, -0.2) is 4.98 Å². The summed E-state index contributed by atoms with van der Waals surface area (Å²) in [6.07, 6.45) is 7.42. The van der Waals surface area contributed by atoms with Crippen LogP contribution in [0.3, 0.4) is 0 Å². The molecule has 0 aromatic carbocycles. The molecule has 0 spiro atoms. The van der Waals surface area contributed by atoms with Crippen molar-refractivity contribution in [2.24, 2.45) is 5.73 Å². The fourth-order valence-electron chi connectivity index (χ4n) is 2.10. The molecule has 0 aliphatic carbocycles. The van der Waals surface area contributed by atoms with Gasteiger partial charge in [-0.2, -0.15) is 11.8 Å². The lowest BCUT2D eigenvalue weighted by atomic mass is 10.1. The van der Waals surface area contributed by atoms with Gasteiger partial charge in [0.1, 0.15) is 5.82 Å². The number of rotatable bonds is 4. The third kappa shape index (κ3) is 2.55. The van der Waals surface area contributed by atoms with Crippen LogP contribution in [-0.4, -0.2) is 26.6 Å². The number of thioether (sulfide) groups is 1. The fraction of sp³-hybridized carbons (Fsp3) is 0.727. The highest BCUT2D eigenvalue weighted by Crippen LogP contribution is 2.28. The average molecular weight is 225 g/mol. The van der Waals surface area contributed by atoms with Gasteiger partial charge in [0.25, 0.3) is 0 Å². The van der Waals surface area contributed by atoms with Crippen LogP contribution < -0.4 is 5.73 Å². The van der Waals surface area contributed by atoms with Gasteiger partial charge in [-0.05, 0) is 25.5 Å². The zero-order valence-corrected chi connectivity index (χ0v) is 10.0. The number of nitrogens with zero attached hydrogens (tertiary/aromatic N) is 2. The van der Waals surface area contributed by atoms with Gasteiger partial charge in [0.05, 0.1) is 0 Å². The van der Waals surface area contributed by atoms with E-state index in [0.717, 1.165) is 18.8 Å². The normalized spacial score (nSPS) is 23.2. The number of hydrogen-bond donors (Lipinski definition) is 1. The number of nitrogens with two attached hydrogens (primary N) is 1. The summed E-state index contributed by atoms with van der Waals surface area (Å²) in [5, 5.41) is 0.645. The van der Waals surface area contributed by atoms with E-state index in [1.54, 1.807) is 0 Å². The number of aromatic nitrogens is 2. The van der Waals surface area contributed by atoms with Crippen molar-refractivity contribution in [3.63, 3.8) is 0 Å². The van der Waals surface area contributed by atoms with Gasteiger partial charge in [0, 0.05) is 36.7 Å². The van der Waals surface area contributed by atoms with Crippen molar-refractivity contribution in [3.05, 3.63) is 18.2 Å². The predicted molar refractivity (Wildman–Crippen MR) is 65.1 cm³/mol. The topological polar surface area (TPSA) is 43.8 Å². The van der Waals surface area contributed by atoms with Crippen molar-refractivity contribution in [1.29, 1.82) is 0 Å². The Hall–Kier alpha value is -0.480. The molecule has 1 aromatic heterocycles. The van der Waals surface area contributed by atoms with Gasteiger partial charge in [0.2, 0.25) is 0 Å². The van der Waals surface area contributed by atoms with Crippen LogP contribution in [-0.2, 0) is 13.0 Å². The number of hydrogen-bond acceptors (Lipinski definition) is 3. The van der Waals surface area contributed by atoms with E-state index in [1.165, 1.54) is 18.6 Å². The first-order valence-corrected chi connectivity index (χ1v) is 6.73. The summed E-state index contributed by atoms with van der Waals surface area (Å²) in [7, 11) is 0. The molecule has 2 atom stereocenters. The SMILES string of the molecule is CCn1ccnc1CC(N)C1CCCS1. The minimum Gasteiger partial charge on any atom is -0.335 e. The largest absolute Gasteiger partial charge is 0.335 e. The molecule has 0 radical (unpaired) electrons. The second-order valence-electron chi connectivity index (χ2n) is 4.05. The minimum absolute atomic E-state index is 0.269. The molecule has 84 valence electrons. The summed E-state index contributed by atoms with van der Waals surface area (Å²) in [6, 6.07) is 0.269. The zero-order valence-electron chi connectivity index (χ0n) is 9.22. The van der Waals surface area contributed by atoms with E-state index in [1.807, 2.05) is 24.2 Å². The Balaban J connectivity index is 1.95. The van der Waals surface area contributed by atoms with E-state index in [4.69, 9.17) is 5.73 Å². The molecule has 2 N–H and O–H groups in total. The summed E-state index contributed by atoms with van der Waals surface area (Å²) < 4.78 is 2.18. The molecule has 1 aliphatic rings. The molecule has 2 unspecified atom stereocenters. The molecule has 0 amide bonds. The van der Waals surface area contributed by atoms with Crippen molar-refractivity contribution in [3.8, 4) is 0 Å². The van der Waals surface area contributed by atoms with Crippen LogP contribution in [0, 0.1) is 0 Å². The molecule has 0 saturated carbocycles. The van der Waals surface area contributed by atoms with Crippen LogP contribution in [0.2, 0.25) is 0 Å². The minimum atomic E-state index is 0.269. The molecule has 4 heteroatoms. The van der Waals surface area contributed by atoms with Crippen LogP contribution in [0.15, 0.2) is 12.4 Å². The van der Waals surface area contributed by atoms with Crippen LogP contribution in [0.1, 0.15) is 25.6 Å². The van der Waals surface area contributed by atoms with Crippen molar-refractivity contribution in [2.75, 3.05) is 5.75 Å². The first-order valence-electron chi connectivity index (χ1n) is 5.68. The molecule has 1 aliphatic heterocycles. The molecule has 0 bridgehead atoms. The maximum atomic E-state index is 6.22. The van der Waals surface area contributed by atoms with Gasteiger partial charge in [-0.3, -0.25) is 0 Å². The maximum absolute atomic E-state index is 6.22. The third-order valence-corrected chi connectivity index (χ3v) is 4.54. The molecule has 2 heterocycles. The van der Waals surface area contributed by atoms with E-state index in [9.17, 15) is 0 Å². The summed E-state index contributed by atoms with van der Waals surface area (Å²) in [6.45, 7) is 3.13. The lowest BCUT2D eigenvalue weighted by molar-refractivity contribution is 0.571. The van der Waals surface area contributed by atoms with Crippen LogP contribution >= 0.6 is 11.8 Å². The Bertz CT molecular complexity index is 305. The molecule has 15 heavy (non-hydrogen) atoms. The van der Waals surface area contributed by atoms with E-state index in [-0.39, 0.29) is 6.04 Å². The highest BCUT2D eigenvalue weighted by molar-refractivity contribution is 8.00. The lowest BCUT2D eigenvalue weighted by Gasteiger charge is -2.18. The predicted octanol–water partition coefficient (Wildman–Crippen LogP) is 1.67. The standard InChI is InChI=1S/C11H19N3S/c1-2-14-6-5-13-11(14)8-9(12)10-4-3-7-15-10/h5-6,9-10H,2-4,7-8,12H2,1H3. The summed E-state index contributed by atoms with van der Waals surface area (Å²) in [5.74, 6) is 2.41. The van der Waals surface area contributed by atoms with E-state index in [2.05, 4.69) is 16.5 Å². The Morgan fingerprint density at radius 2 is 2.60 bits per heavy atom. The lowest BCUT2D eigenvalue weighted by Crippen LogP contribution is -2.34. The molecule has 3 nitrogen and oxygen atoms in total. The van der Waals surface area contributed by atoms with Gasteiger partial charge in [-0.1, -0.05) is 0 Å². The Kier molecular flexibility index (Phi) is 3.70. The highest BCUT2D eigenvalue weighted by atomic mass is 32.2. The summed E-state index contributed by atoms with van der Waals surface area (Å²) in [5.41, 5.74) is 6.22. The van der Waals surface area contributed by atoms with E-state index in [0.29, 0.717) is 5.25 Å². The van der Waals surface area contributed by atoms with Crippen LogP contribution in [0.25, 0.3) is 0 Å². The van der Waals surface area contributed by atoms with E-state index < -0.39 is 0 Å². The summed E-state index contributed by atoms with van der Waals surface area (Å²) >= 11 is 2.02. The second-order valence-corrected chi connectivity index (χ2v) is 5.40. The Labute approximate surface area is 95.4 Å². The van der Waals surface area contributed by atoms with Gasteiger partial charge in [0.15, 0.2) is 0 Å². The molecule has 1 fully saturated rings. The quantitative estimate of drug-likeness (QED) is 0.847. The van der Waals surface area contributed by atoms with Gasteiger partial charge < -0.3 is 10.3 Å². The Morgan fingerprint density at radius 3 is 3.27 bits per heavy atom. The second kappa shape index (κ2) is 5.03. The smallest absolute Gasteiger partial charge is 0.110 e. The van der Waals surface area contributed by atoms with Crippen LogP contribution in [0.5, 0.6) is 0 Å². The zero-order chi connectivity index (χ0) is 10.7. The van der Waals surface area contributed by atoms with E-state index >= 15 is 0 Å². The monoisotopic (exact) mass is 225 g/mol. The fourth-order valence-corrected chi connectivity index (χ4v) is 3.41. The van der Waals surface area contributed by atoms with Crippen LogP contribution in [0.4, 0.5) is 0 Å². The van der Waals surface area contributed by atoms with Crippen molar-refractivity contribution < 1.29 is 0 Å². The number of imidazole rings is 1. The number of aryl methyl sites for hydroxylation is 1. The molecule has 1 aromatic rings. The molecular weight excluding hydrogens is 206 g/mol. The first kappa shape index (κ1) is 11.0. The molecule has 2 rings (SSSR count).